The van der Waals surface area contributed by atoms with Crippen LogP contribution in [-0.2, 0) is 4.79 Å². The number of hydrazone groups is 1. The van der Waals surface area contributed by atoms with E-state index in [1.165, 1.54) is 0 Å². The number of nitrogens with one attached hydrogen (secondary N) is 2. The number of carbonyl (C=O) groups is 2. The molecule has 124 valence electrons. The molecule has 0 radical (unpaired) electrons. The van der Waals surface area contributed by atoms with Crippen molar-refractivity contribution < 1.29 is 9.59 Å². The molecule has 0 saturated heterocycles. The van der Waals surface area contributed by atoms with Gasteiger partial charge in [-0.1, -0.05) is 35.3 Å². The van der Waals surface area contributed by atoms with E-state index in [2.05, 4.69) is 15.8 Å². The Kier molecular flexibility index (Phi) is 6.35. The van der Waals surface area contributed by atoms with Gasteiger partial charge in [0, 0.05) is 16.4 Å². The molecule has 0 unspecified atom stereocenters. The van der Waals surface area contributed by atoms with Gasteiger partial charge in [-0.3, -0.25) is 9.59 Å². The molecule has 0 fully saturated rings. The van der Waals surface area contributed by atoms with E-state index in [0.29, 0.717) is 27.0 Å². The van der Waals surface area contributed by atoms with Crippen LogP contribution in [0, 0.1) is 0 Å². The lowest BCUT2D eigenvalue weighted by Crippen LogP contribution is -2.21. The highest BCUT2D eigenvalue weighted by Crippen LogP contribution is 2.15. The number of hydrogen-bond donors (Lipinski definition) is 2. The maximum atomic E-state index is 12.0. The van der Waals surface area contributed by atoms with Gasteiger partial charge in [-0.25, -0.2) is 5.43 Å². The molecule has 0 bridgehead atoms. The molecule has 2 N–H and O–H groups in total. The molecule has 24 heavy (non-hydrogen) atoms. The van der Waals surface area contributed by atoms with E-state index < -0.39 is 5.91 Å². The van der Waals surface area contributed by atoms with Gasteiger partial charge in [0.1, 0.15) is 0 Å². The molecule has 2 aromatic carbocycles. The van der Waals surface area contributed by atoms with Gasteiger partial charge in [0.25, 0.3) is 5.91 Å². The number of halogens is 2. The maximum absolute atomic E-state index is 12.0. The van der Waals surface area contributed by atoms with E-state index in [9.17, 15) is 9.59 Å². The van der Waals surface area contributed by atoms with Gasteiger partial charge in [-0.15, -0.1) is 0 Å². The highest BCUT2D eigenvalue weighted by atomic mass is 35.5. The minimum Gasteiger partial charge on any atom is -0.326 e. The molecule has 7 heteroatoms. The second kappa shape index (κ2) is 8.47. The van der Waals surface area contributed by atoms with E-state index in [4.69, 9.17) is 23.2 Å². The Balaban J connectivity index is 1.89. The first-order valence-corrected chi connectivity index (χ1v) is 7.85. The predicted octanol–water partition coefficient (Wildman–Crippen LogP) is 4.13. The van der Waals surface area contributed by atoms with Crippen LogP contribution in [0.2, 0.25) is 10.0 Å². The topological polar surface area (TPSA) is 70.6 Å². The van der Waals surface area contributed by atoms with Gasteiger partial charge in [0.2, 0.25) is 5.91 Å². The largest absolute Gasteiger partial charge is 0.326 e. The van der Waals surface area contributed by atoms with E-state index in [-0.39, 0.29) is 12.3 Å². The van der Waals surface area contributed by atoms with Crippen LogP contribution in [-0.4, -0.2) is 17.5 Å². The molecule has 0 atom stereocenters. The highest BCUT2D eigenvalue weighted by Gasteiger charge is 2.09. The molecule has 0 aromatic heterocycles. The first kappa shape index (κ1) is 18.0. The first-order chi connectivity index (χ1) is 11.5. The summed E-state index contributed by atoms with van der Waals surface area (Å²) in [5.74, 6) is -0.677. The minimum absolute atomic E-state index is 0.0471. The number of benzene rings is 2. The fourth-order valence-corrected chi connectivity index (χ4v) is 2.21. The summed E-state index contributed by atoms with van der Waals surface area (Å²) < 4.78 is 0. The average molecular weight is 364 g/mol. The van der Waals surface area contributed by atoms with Crippen molar-refractivity contribution in [1.82, 2.24) is 5.43 Å². The zero-order chi connectivity index (χ0) is 17.5. The van der Waals surface area contributed by atoms with Crippen LogP contribution in [0.25, 0.3) is 0 Å². The van der Waals surface area contributed by atoms with Crippen LogP contribution in [0.15, 0.2) is 53.6 Å². The molecule has 0 spiro atoms. The summed E-state index contributed by atoms with van der Waals surface area (Å²) in [6.07, 6.45) is 0.0471. The minimum atomic E-state index is -0.432. The molecule has 0 saturated carbocycles. The number of nitrogens with zero attached hydrogens (tertiary/aromatic N) is 1. The second-order valence-electron chi connectivity index (χ2n) is 5.00. The summed E-state index contributed by atoms with van der Waals surface area (Å²) in [4.78, 5) is 23.9. The van der Waals surface area contributed by atoms with Gasteiger partial charge < -0.3 is 5.32 Å². The lowest BCUT2D eigenvalue weighted by Gasteiger charge is -2.06. The average Bonchev–Trinajstić information content (AvgIpc) is 2.55. The maximum Gasteiger partial charge on any atom is 0.272 e. The summed E-state index contributed by atoms with van der Waals surface area (Å²) in [6.45, 7) is 1.65. The Labute approximate surface area is 149 Å². The molecular weight excluding hydrogens is 349 g/mol. The summed E-state index contributed by atoms with van der Waals surface area (Å²) in [7, 11) is 0. The Morgan fingerprint density at radius 2 is 1.71 bits per heavy atom. The van der Waals surface area contributed by atoms with Crippen molar-refractivity contribution in [2.75, 3.05) is 5.32 Å². The zero-order valence-corrected chi connectivity index (χ0v) is 14.4. The summed E-state index contributed by atoms with van der Waals surface area (Å²) in [5, 5.41) is 7.56. The molecule has 2 amide bonds. The number of rotatable bonds is 5. The number of amides is 2. The zero-order valence-electron chi connectivity index (χ0n) is 12.8. The Hall–Kier alpha value is -2.37. The molecule has 0 aliphatic carbocycles. The fourth-order valence-electron chi connectivity index (χ4n) is 1.86. The molecule has 2 rings (SSSR count). The van der Waals surface area contributed by atoms with E-state index in [0.717, 1.165) is 0 Å². The molecule has 5 nitrogen and oxygen atoms in total. The molecular formula is C17H15Cl2N3O2. The highest BCUT2D eigenvalue weighted by molar-refractivity contribution is 6.33. The molecule has 0 aliphatic rings. The fraction of sp³-hybridized carbons (Fsp3) is 0.118. The van der Waals surface area contributed by atoms with Crippen molar-refractivity contribution in [2.24, 2.45) is 5.10 Å². The van der Waals surface area contributed by atoms with Crippen LogP contribution in [0.3, 0.4) is 0 Å². The van der Waals surface area contributed by atoms with Gasteiger partial charge >= 0.3 is 0 Å². The summed E-state index contributed by atoms with van der Waals surface area (Å²) in [6, 6.07) is 13.4. The Morgan fingerprint density at radius 3 is 2.38 bits per heavy atom. The summed E-state index contributed by atoms with van der Waals surface area (Å²) in [5.41, 5.74) is 3.80. The molecule has 2 aromatic rings. The lowest BCUT2D eigenvalue weighted by atomic mass is 10.2. The third-order valence-corrected chi connectivity index (χ3v) is 3.59. The van der Waals surface area contributed by atoms with Crippen molar-refractivity contribution in [1.29, 1.82) is 0 Å². The quantitative estimate of drug-likeness (QED) is 0.619. The van der Waals surface area contributed by atoms with Crippen LogP contribution in [0.5, 0.6) is 0 Å². The van der Waals surface area contributed by atoms with Crippen LogP contribution < -0.4 is 10.7 Å². The normalized spacial score (nSPS) is 11.0. The molecule has 0 aliphatic heterocycles. The first-order valence-electron chi connectivity index (χ1n) is 7.09. The van der Waals surface area contributed by atoms with Crippen LogP contribution in [0.4, 0.5) is 5.69 Å². The van der Waals surface area contributed by atoms with Gasteiger partial charge in [0.05, 0.1) is 17.0 Å². The second-order valence-corrected chi connectivity index (χ2v) is 5.84. The third kappa shape index (κ3) is 5.37. The number of carbonyl (C=O) groups excluding carboxylic acids is 2. The van der Waals surface area contributed by atoms with Crippen molar-refractivity contribution in [3.63, 3.8) is 0 Å². The van der Waals surface area contributed by atoms with Crippen molar-refractivity contribution >= 4 is 46.4 Å². The van der Waals surface area contributed by atoms with Crippen molar-refractivity contribution in [3.8, 4) is 0 Å². The predicted molar refractivity (Wildman–Crippen MR) is 96.7 cm³/mol. The van der Waals surface area contributed by atoms with Gasteiger partial charge in [-0.05, 0) is 43.3 Å². The standard InChI is InChI=1S/C17H15Cl2N3O2/c1-11(10-16(23)20-13-8-6-12(18)7-9-13)21-22-17(24)14-4-2-3-5-15(14)19/h2-9H,10H2,1H3,(H,20,23)(H,22,24). The van der Waals surface area contributed by atoms with E-state index in [1.807, 2.05) is 0 Å². The Morgan fingerprint density at radius 1 is 1.04 bits per heavy atom. The SMILES string of the molecule is CC(CC(=O)Nc1ccc(Cl)cc1)=NNC(=O)c1ccccc1Cl. The smallest absolute Gasteiger partial charge is 0.272 e. The van der Waals surface area contributed by atoms with E-state index in [1.54, 1.807) is 55.5 Å². The van der Waals surface area contributed by atoms with E-state index >= 15 is 0 Å². The third-order valence-electron chi connectivity index (χ3n) is 3.01. The monoisotopic (exact) mass is 363 g/mol. The number of hydrogen-bond acceptors (Lipinski definition) is 3. The lowest BCUT2D eigenvalue weighted by molar-refractivity contribution is -0.115. The van der Waals surface area contributed by atoms with Gasteiger partial charge in [0.15, 0.2) is 0 Å². The van der Waals surface area contributed by atoms with Gasteiger partial charge in [-0.2, -0.15) is 5.10 Å². The van der Waals surface area contributed by atoms with Crippen LogP contribution in [0.1, 0.15) is 23.7 Å². The van der Waals surface area contributed by atoms with Crippen LogP contribution >= 0.6 is 23.2 Å². The van der Waals surface area contributed by atoms with Crippen molar-refractivity contribution in [2.45, 2.75) is 13.3 Å². The number of anilines is 1. The summed E-state index contributed by atoms with van der Waals surface area (Å²) >= 11 is 11.7. The molecule has 0 heterocycles. The Bertz CT molecular complexity index is 774. The van der Waals surface area contributed by atoms with Crippen molar-refractivity contribution in [3.05, 3.63) is 64.1 Å².